The van der Waals surface area contributed by atoms with Crippen molar-refractivity contribution in [2.45, 2.75) is 30.6 Å². The van der Waals surface area contributed by atoms with Crippen LogP contribution >= 0.6 is 0 Å². The average molecular weight is 568 g/mol. The number of benzene rings is 3. The van der Waals surface area contributed by atoms with Crippen LogP contribution in [0.2, 0.25) is 0 Å². The van der Waals surface area contributed by atoms with Gasteiger partial charge < -0.3 is 0 Å². The summed E-state index contributed by atoms with van der Waals surface area (Å²) in [6.45, 7) is 0. The Morgan fingerprint density at radius 1 is 0.263 bits per heavy atom. The van der Waals surface area contributed by atoms with Gasteiger partial charge in [0.25, 0.3) is 0 Å². The molecule has 1 aliphatic rings. The van der Waals surface area contributed by atoms with Crippen LogP contribution in [-0.4, -0.2) is 0 Å². The molecule has 1 fully saturated rings. The highest BCUT2D eigenvalue weighted by Gasteiger charge is 2.49. The fourth-order valence-corrected chi connectivity index (χ4v) is 4.86. The molecule has 38 heavy (non-hydrogen) atoms. The van der Waals surface area contributed by atoms with Crippen LogP contribution in [0.3, 0.4) is 0 Å². The Labute approximate surface area is 201 Å². The minimum Gasteiger partial charge on any atom is -0.203 e. The summed E-state index contributed by atoms with van der Waals surface area (Å²) in [5, 5.41) is 0. The summed E-state index contributed by atoms with van der Waals surface area (Å²) in [4.78, 5) is 0. The first-order chi connectivity index (χ1) is 17.6. The molecule has 0 aromatic heterocycles. The first kappa shape index (κ1) is 27.6. The lowest BCUT2D eigenvalue weighted by atomic mass is 9.76. The van der Waals surface area contributed by atoms with Crippen LogP contribution in [0.25, 0.3) is 0 Å². The second-order valence-corrected chi connectivity index (χ2v) is 8.27. The molecule has 1 saturated carbocycles. The van der Waals surface area contributed by atoms with Crippen molar-refractivity contribution < 1.29 is 65.9 Å². The van der Waals surface area contributed by atoms with E-state index in [0.717, 1.165) is 0 Å². The van der Waals surface area contributed by atoms with Crippen molar-refractivity contribution in [3.05, 3.63) is 104 Å². The van der Waals surface area contributed by atoms with Crippen molar-refractivity contribution >= 4 is 0 Å². The van der Waals surface area contributed by atoms with E-state index in [2.05, 4.69) is 0 Å². The third-order valence-electron chi connectivity index (χ3n) is 6.46. The summed E-state index contributed by atoms with van der Waals surface area (Å²) in [6, 6.07) is 0. The lowest BCUT2D eigenvalue weighted by molar-refractivity contribution is 0.337. The molecule has 3 aromatic carbocycles. The van der Waals surface area contributed by atoms with E-state index in [1.165, 1.54) is 0 Å². The molecule has 0 amide bonds. The lowest BCUT2D eigenvalue weighted by Crippen LogP contribution is -2.22. The van der Waals surface area contributed by atoms with Gasteiger partial charge in [-0.25, -0.2) is 65.9 Å². The second-order valence-electron chi connectivity index (χ2n) is 8.27. The van der Waals surface area contributed by atoms with Gasteiger partial charge in [-0.15, -0.1) is 0 Å². The van der Waals surface area contributed by atoms with Gasteiger partial charge in [-0.2, -0.15) is 0 Å². The van der Waals surface area contributed by atoms with Crippen LogP contribution in [0.15, 0.2) is 0 Å². The largest absolute Gasteiger partial charge is 0.203 e. The Hall–Kier alpha value is -3.39. The van der Waals surface area contributed by atoms with Crippen LogP contribution in [0, 0.1) is 87.3 Å². The van der Waals surface area contributed by atoms with Crippen molar-refractivity contribution in [2.75, 3.05) is 0 Å². The van der Waals surface area contributed by atoms with Gasteiger partial charge in [0.2, 0.25) is 17.5 Å². The van der Waals surface area contributed by atoms with Gasteiger partial charge in [-0.1, -0.05) is 0 Å². The Bertz CT molecular complexity index is 1330. The first-order valence-electron chi connectivity index (χ1n) is 10.2. The maximum atomic E-state index is 14.8. The van der Waals surface area contributed by atoms with Crippen LogP contribution < -0.4 is 0 Å². The zero-order valence-electron chi connectivity index (χ0n) is 17.8. The Morgan fingerprint density at radius 3 is 0.684 bits per heavy atom. The summed E-state index contributed by atoms with van der Waals surface area (Å²) < 4.78 is 212. The summed E-state index contributed by atoms with van der Waals surface area (Å²) in [7, 11) is 0. The minimum absolute atomic E-state index is 1.02. The van der Waals surface area contributed by atoms with Crippen LogP contribution in [0.1, 0.15) is 47.3 Å². The molecule has 3 aromatic rings. The third-order valence-corrected chi connectivity index (χ3v) is 6.46. The first-order valence-corrected chi connectivity index (χ1v) is 10.2. The van der Waals surface area contributed by atoms with Gasteiger partial charge >= 0.3 is 0 Å². The van der Waals surface area contributed by atoms with Crippen LogP contribution in [0.5, 0.6) is 0 Å². The quantitative estimate of drug-likeness (QED) is 0.170. The molecular weight excluding hydrogens is 561 g/mol. The molecule has 0 heterocycles. The average Bonchev–Trinajstić information content (AvgIpc) is 3.30. The summed E-state index contributed by atoms with van der Waals surface area (Å²) in [6.07, 6.45) is -2.04. The molecule has 1 aliphatic carbocycles. The predicted molar refractivity (Wildman–Crippen MR) is 96.2 cm³/mol. The van der Waals surface area contributed by atoms with Crippen LogP contribution in [0.4, 0.5) is 65.9 Å². The number of halogens is 15. The highest BCUT2D eigenvalue weighted by Crippen LogP contribution is 2.57. The molecule has 0 N–H and O–H groups in total. The van der Waals surface area contributed by atoms with Crippen LogP contribution in [-0.2, 0) is 0 Å². The molecule has 0 radical (unpaired) electrons. The highest BCUT2D eigenvalue weighted by molar-refractivity contribution is 5.42. The van der Waals surface area contributed by atoms with E-state index in [9.17, 15) is 65.9 Å². The third kappa shape index (κ3) is 3.72. The highest BCUT2D eigenvalue weighted by atomic mass is 19.2. The van der Waals surface area contributed by atoms with Gasteiger partial charge in [0.15, 0.2) is 69.8 Å². The zero-order valence-corrected chi connectivity index (χ0v) is 17.8. The summed E-state index contributed by atoms with van der Waals surface area (Å²) >= 11 is 0. The number of rotatable bonds is 3. The van der Waals surface area contributed by atoms with Gasteiger partial charge in [0.05, 0.1) is 0 Å². The maximum absolute atomic E-state index is 14.8. The predicted octanol–water partition coefficient (Wildman–Crippen LogP) is 8.22. The van der Waals surface area contributed by atoms with E-state index in [0.29, 0.717) is 0 Å². The van der Waals surface area contributed by atoms with Crippen molar-refractivity contribution in [2.24, 2.45) is 0 Å². The van der Waals surface area contributed by atoms with E-state index in [4.69, 9.17) is 0 Å². The molecule has 15 heteroatoms. The number of hydrogen-bond acceptors (Lipinski definition) is 0. The van der Waals surface area contributed by atoms with Gasteiger partial charge in [-0.05, 0) is 24.7 Å². The van der Waals surface area contributed by atoms with Crippen molar-refractivity contribution in [3.63, 3.8) is 0 Å². The second kappa shape index (κ2) is 9.42. The van der Waals surface area contributed by atoms with Crippen molar-refractivity contribution in [3.8, 4) is 0 Å². The van der Waals surface area contributed by atoms with E-state index < -0.39 is 135 Å². The van der Waals surface area contributed by atoms with E-state index >= 15 is 0 Å². The summed E-state index contributed by atoms with van der Waals surface area (Å²) in [5.41, 5.74) is -5.75. The molecule has 0 spiro atoms. The molecule has 2 unspecified atom stereocenters. The van der Waals surface area contributed by atoms with Gasteiger partial charge in [0.1, 0.15) is 0 Å². The van der Waals surface area contributed by atoms with Gasteiger partial charge in [-0.3, -0.25) is 0 Å². The Morgan fingerprint density at radius 2 is 0.447 bits per heavy atom. The maximum Gasteiger partial charge on any atom is 0.200 e. The molecule has 0 bridgehead atoms. The standard InChI is InChI=1S/C23H7F15/c24-9-6(10(25)16(31)21(36)15(9)30)3-1-2-4(7-11(26)17(32)22(37)18(33)12(7)27)5(3)8-13(28)19(34)23(38)20(35)14(8)29/h3-5H,1-2H2. The molecule has 4 rings (SSSR count). The van der Waals surface area contributed by atoms with Gasteiger partial charge in [0, 0.05) is 22.6 Å². The lowest BCUT2D eigenvalue weighted by Gasteiger charge is -2.28. The molecule has 0 saturated heterocycles. The van der Waals surface area contributed by atoms with E-state index in [1.54, 1.807) is 0 Å². The molecular formula is C23H7F15. The zero-order chi connectivity index (χ0) is 28.5. The van der Waals surface area contributed by atoms with E-state index in [-0.39, 0.29) is 0 Å². The topological polar surface area (TPSA) is 0 Å². The Balaban J connectivity index is 2.11. The monoisotopic (exact) mass is 568 g/mol. The molecule has 0 nitrogen and oxygen atoms in total. The van der Waals surface area contributed by atoms with E-state index in [1.807, 2.05) is 0 Å². The number of hydrogen-bond donors (Lipinski definition) is 0. The molecule has 0 aliphatic heterocycles. The van der Waals surface area contributed by atoms with Crippen molar-refractivity contribution in [1.29, 1.82) is 0 Å². The molecule has 2 atom stereocenters. The normalized spacial score (nSPS) is 19.5. The smallest absolute Gasteiger partial charge is 0.200 e. The minimum atomic E-state index is -2.78. The fraction of sp³-hybridized carbons (Fsp3) is 0.217. The SMILES string of the molecule is Fc1c(F)c(F)c(C2CCC(c3c(F)c(F)c(F)c(F)c3F)C2c2c(F)c(F)c(F)c(F)c2F)c(F)c1F. The van der Waals surface area contributed by atoms with Crippen molar-refractivity contribution in [1.82, 2.24) is 0 Å². The summed E-state index contributed by atoms with van der Waals surface area (Å²) in [5.74, 6) is -47.4. The fourth-order valence-electron chi connectivity index (χ4n) is 4.86. The molecule has 204 valence electrons. The Kier molecular flexibility index (Phi) is 6.85.